The van der Waals surface area contributed by atoms with Crippen LogP contribution in [0.15, 0.2) is 33.7 Å². The van der Waals surface area contributed by atoms with Gasteiger partial charge in [-0.15, -0.1) is 0 Å². The molecule has 1 aromatic carbocycles. The molecule has 6 heteroatoms. The summed E-state index contributed by atoms with van der Waals surface area (Å²) in [5, 5.41) is 0. The standard InChI is InChI=1S/C12H12BrNO4/c1-17-11(15)7-10(12(16)18-2)14-9-5-3-8(13)4-6-9/h3-6H,7H2,1-2H3. The molecule has 0 saturated carbocycles. The summed E-state index contributed by atoms with van der Waals surface area (Å²) in [6.07, 6.45) is -0.223. The lowest BCUT2D eigenvalue weighted by Gasteiger charge is -2.03. The Labute approximate surface area is 113 Å². The van der Waals surface area contributed by atoms with E-state index < -0.39 is 11.9 Å². The van der Waals surface area contributed by atoms with Gasteiger partial charge in [-0.2, -0.15) is 0 Å². The molecule has 0 heterocycles. The van der Waals surface area contributed by atoms with Crippen LogP contribution in [0.25, 0.3) is 0 Å². The van der Waals surface area contributed by atoms with Gasteiger partial charge in [-0.25, -0.2) is 9.79 Å². The number of hydrogen-bond acceptors (Lipinski definition) is 5. The Morgan fingerprint density at radius 2 is 1.78 bits per heavy atom. The lowest BCUT2D eigenvalue weighted by atomic mass is 10.2. The van der Waals surface area contributed by atoms with Crippen molar-refractivity contribution in [2.24, 2.45) is 4.99 Å². The third-order valence-corrected chi connectivity index (χ3v) is 2.58. The van der Waals surface area contributed by atoms with Gasteiger partial charge < -0.3 is 9.47 Å². The predicted octanol–water partition coefficient (Wildman–Crippen LogP) is 2.26. The van der Waals surface area contributed by atoms with Crippen LogP contribution in [0.2, 0.25) is 0 Å². The van der Waals surface area contributed by atoms with E-state index in [1.807, 2.05) is 0 Å². The average Bonchev–Trinajstić information content (AvgIpc) is 2.39. The van der Waals surface area contributed by atoms with E-state index in [0.29, 0.717) is 5.69 Å². The van der Waals surface area contributed by atoms with Crippen molar-refractivity contribution >= 4 is 39.3 Å². The predicted molar refractivity (Wildman–Crippen MR) is 69.9 cm³/mol. The van der Waals surface area contributed by atoms with Crippen LogP contribution in [0.1, 0.15) is 6.42 Å². The van der Waals surface area contributed by atoms with E-state index >= 15 is 0 Å². The van der Waals surface area contributed by atoms with Gasteiger partial charge in [0.15, 0.2) is 0 Å². The zero-order chi connectivity index (χ0) is 13.5. The number of ether oxygens (including phenoxy) is 2. The number of halogens is 1. The maximum atomic E-state index is 11.5. The first-order chi connectivity index (χ1) is 8.56. The number of rotatable bonds is 4. The zero-order valence-corrected chi connectivity index (χ0v) is 11.6. The van der Waals surface area contributed by atoms with Gasteiger partial charge >= 0.3 is 11.9 Å². The summed E-state index contributed by atoms with van der Waals surface area (Å²) < 4.78 is 9.96. The topological polar surface area (TPSA) is 65.0 Å². The van der Waals surface area contributed by atoms with Crippen molar-refractivity contribution in [1.82, 2.24) is 0 Å². The number of carbonyl (C=O) groups is 2. The molecule has 0 aliphatic heterocycles. The maximum Gasteiger partial charge on any atom is 0.353 e. The molecule has 0 aromatic heterocycles. The van der Waals surface area contributed by atoms with Crippen LogP contribution < -0.4 is 0 Å². The van der Waals surface area contributed by atoms with Gasteiger partial charge in [-0.1, -0.05) is 15.9 Å². The van der Waals surface area contributed by atoms with Gasteiger partial charge in [-0.05, 0) is 24.3 Å². The Hall–Kier alpha value is -1.69. The first kappa shape index (κ1) is 14.4. The number of methoxy groups -OCH3 is 2. The largest absolute Gasteiger partial charge is 0.469 e. The highest BCUT2D eigenvalue weighted by atomic mass is 79.9. The van der Waals surface area contributed by atoms with Crippen LogP contribution >= 0.6 is 15.9 Å². The molecule has 0 unspecified atom stereocenters. The monoisotopic (exact) mass is 313 g/mol. The summed E-state index contributed by atoms with van der Waals surface area (Å²) in [5.74, 6) is -1.19. The zero-order valence-electron chi connectivity index (χ0n) is 9.97. The van der Waals surface area contributed by atoms with Crippen molar-refractivity contribution in [2.75, 3.05) is 14.2 Å². The number of esters is 2. The highest BCUT2D eigenvalue weighted by Gasteiger charge is 2.16. The minimum Gasteiger partial charge on any atom is -0.469 e. The van der Waals surface area contributed by atoms with Crippen LogP contribution in [-0.2, 0) is 19.1 Å². The second kappa shape index (κ2) is 6.90. The summed E-state index contributed by atoms with van der Waals surface area (Å²) in [7, 11) is 2.48. The Kier molecular flexibility index (Phi) is 5.51. The third-order valence-electron chi connectivity index (χ3n) is 2.05. The molecule has 0 aliphatic carbocycles. The molecule has 0 aliphatic rings. The van der Waals surface area contributed by atoms with Gasteiger partial charge in [0.2, 0.25) is 0 Å². The Morgan fingerprint density at radius 3 is 2.28 bits per heavy atom. The van der Waals surface area contributed by atoms with E-state index in [1.54, 1.807) is 24.3 Å². The van der Waals surface area contributed by atoms with Gasteiger partial charge in [0.05, 0.1) is 26.3 Å². The van der Waals surface area contributed by atoms with Gasteiger partial charge in [0.1, 0.15) is 5.71 Å². The molecule has 0 fully saturated rings. The Balaban J connectivity index is 2.98. The van der Waals surface area contributed by atoms with Crippen molar-refractivity contribution in [3.8, 4) is 0 Å². The Morgan fingerprint density at radius 1 is 1.17 bits per heavy atom. The van der Waals surface area contributed by atoms with Crippen molar-refractivity contribution in [2.45, 2.75) is 6.42 Å². The lowest BCUT2D eigenvalue weighted by Crippen LogP contribution is -2.20. The van der Waals surface area contributed by atoms with E-state index in [1.165, 1.54) is 14.2 Å². The molecule has 0 spiro atoms. The SMILES string of the molecule is COC(=O)CC(=Nc1ccc(Br)cc1)C(=O)OC. The normalized spacial score (nSPS) is 10.9. The quantitative estimate of drug-likeness (QED) is 0.631. The van der Waals surface area contributed by atoms with Crippen molar-refractivity contribution in [3.63, 3.8) is 0 Å². The molecular weight excluding hydrogens is 302 g/mol. The summed E-state index contributed by atoms with van der Waals surface area (Å²) in [6.45, 7) is 0. The van der Waals surface area contributed by atoms with E-state index in [-0.39, 0.29) is 12.1 Å². The highest BCUT2D eigenvalue weighted by molar-refractivity contribution is 9.10. The minimum atomic E-state index is -0.650. The molecule has 1 rings (SSSR count). The van der Waals surface area contributed by atoms with Crippen LogP contribution in [0.3, 0.4) is 0 Å². The van der Waals surface area contributed by atoms with E-state index in [0.717, 1.165) is 4.47 Å². The number of carbonyl (C=O) groups excluding carboxylic acids is 2. The Bertz CT molecular complexity index is 467. The minimum absolute atomic E-state index is 0.00618. The van der Waals surface area contributed by atoms with Crippen LogP contribution in [0.5, 0.6) is 0 Å². The molecule has 1 aromatic rings. The van der Waals surface area contributed by atoms with E-state index in [9.17, 15) is 9.59 Å². The molecule has 5 nitrogen and oxygen atoms in total. The molecule has 0 saturated heterocycles. The van der Waals surface area contributed by atoms with Crippen molar-refractivity contribution < 1.29 is 19.1 Å². The maximum absolute atomic E-state index is 11.5. The number of hydrogen-bond donors (Lipinski definition) is 0. The fourth-order valence-corrected chi connectivity index (χ4v) is 1.42. The van der Waals surface area contributed by atoms with Gasteiger partial charge in [0, 0.05) is 4.47 Å². The molecule has 0 N–H and O–H groups in total. The first-order valence-electron chi connectivity index (χ1n) is 5.05. The summed E-state index contributed by atoms with van der Waals surface area (Å²) >= 11 is 3.29. The molecule has 0 amide bonds. The number of aliphatic imine (C=N–C) groups is 1. The van der Waals surface area contributed by atoms with Crippen LogP contribution in [0, 0.1) is 0 Å². The first-order valence-corrected chi connectivity index (χ1v) is 5.84. The van der Waals surface area contributed by atoms with E-state index in [2.05, 4.69) is 30.4 Å². The highest BCUT2D eigenvalue weighted by Crippen LogP contribution is 2.17. The smallest absolute Gasteiger partial charge is 0.353 e. The lowest BCUT2D eigenvalue weighted by molar-refractivity contribution is -0.140. The summed E-state index contributed by atoms with van der Waals surface area (Å²) in [6, 6.07) is 6.99. The average molecular weight is 314 g/mol. The molecule has 18 heavy (non-hydrogen) atoms. The van der Waals surface area contributed by atoms with Crippen LogP contribution in [-0.4, -0.2) is 31.9 Å². The molecule has 96 valence electrons. The molecule has 0 radical (unpaired) electrons. The third kappa shape index (κ3) is 4.29. The number of nitrogens with zero attached hydrogens (tertiary/aromatic N) is 1. The van der Waals surface area contributed by atoms with Gasteiger partial charge in [0.25, 0.3) is 0 Å². The van der Waals surface area contributed by atoms with E-state index in [4.69, 9.17) is 0 Å². The van der Waals surface area contributed by atoms with Crippen molar-refractivity contribution in [1.29, 1.82) is 0 Å². The molecular formula is C12H12BrNO4. The van der Waals surface area contributed by atoms with Gasteiger partial charge in [-0.3, -0.25) is 4.79 Å². The second-order valence-corrected chi connectivity index (χ2v) is 4.20. The second-order valence-electron chi connectivity index (χ2n) is 3.28. The molecule has 0 atom stereocenters. The summed E-state index contributed by atoms with van der Waals surface area (Å²) in [4.78, 5) is 26.7. The van der Waals surface area contributed by atoms with Crippen molar-refractivity contribution in [3.05, 3.63) is 28.7 Å². The fraction of sp³-hybridized carbons (Fsp3) is 0.250. The summed E-state index contributed by atoms with van der Waals surface area (Å²) in [5.41, 5.74) is 0.564. The molecule has 0 bridgehead atoms. The fourth-order valence-electron chi connectivity index (χ4n) is 1.16. The number of benzene rings is 1. The van der Waals surface area contributed by atoms with Crippen LogP contribution in [0.4, 0.5) is 5.69 Å².